The van der Waals surface area contributed by atoms with Gasteiger partial charge in [0.25, 0.3) is 5.91 Å². The molecule has 6 heteroatoms. The summed E-state index contributed by atoms with van der Waals surface area (Å²) in [5.74, 6) is 0.505. The van der Waals surface area contributed by atoms with E-state index in [0.29, 0.717) is 17.1 Å². The van der Waals surface area contributed by atoms with Crippen LogP contribution in [0.1, 0.15) is 81.0 Å². The molecule has 2 amide bonds. The normalized spacial score (nSPS) is 17.4. The van der Waals surface area contributed by atoms with Crippen LogP contribution in [0.3, 0.4) is 0 Å². The molecule has 0 radical (unpaired) electrons. The Balaban J connectivity index is 0.000000350. The number of rotatable bonds is 6. The Morgan fingerprint density at radius 3 is 2.53 bits per heavy atom. The van der Waals surface area contributed by atoms with E-state index >= 15 is 0 Å². The minimum absolute atomic E-state index is 0.0872. The quantitative estimate of drug-likeness (QED) is 0.372. The maximum absolute atomic E-state index is 12.7. The van der Waals surface area contributed by atoms with E-state index in [4.69, 9.17) is 11.6 Å². The van der Waals surface area contributed by atoms with Gasteiger partial charge in [-0.3, -0.25) is 9.59 Å². The van der Waals surface area contributed by atoms with Gasteiger partial charge in [-0.15, -0.1) is 0 Å². The van der Waals surface area contributed by atoms with Gasteiger partial charge in [-0.05, 0) is 48.2 Å². The summed E-state index contributed by atoms with van der Waals surface area (Å²) in [5, 5.41) is 7.27. The zero-order chi connectivity index (χ0) is 24.7. The number of nitrogens with one attached hydrogen (secondary N) is 3. The molecule has 2 aromatic carbocycles. The van der Waals surface area contributed by atoms with Crippen molar-refractivity contribution in [3.8, 4) is 0 Å². The molecule has 0 bridgehead atoms. The van der Waals surface area contributed by atoms with Crippen LogP contribution < -0.4 is 10.6 Å². The van der Waals surface area contributed by atoms with Crippen molar-refractivity contribution in [3.05, 3.63) is 70.4 Å². The number of H-pyrrole nitrogens is 1. The van der Waals surface area contributed by atoms with Gasteiger partial charge in [-0.1, -0.05) is 82.3 Å². The molecule has 0 unspecified atom stereocenters. The van der Waals surface area contributed by atoms with Crippen LogP contribution in [0.4, 0.5) is 0 Å². The molecule has 5 nitrogen and oxygen atoms in total. The van der Waals surface area contributed by atoms with Crippen molar-refractivity contribution in [1.29, 1.82) is 0 Å². The topological polar surface area (TPSA) is 74.0 Å². The molecule has 182 valence electrons. The summed E-state index contributed by atoms with van der Waals surface area (Å²) < 4.78 is 0. The zero-order valence-electron chi connectivity index (χ0n) is 20.6. The monoisotopic (exact) mass is 481 g/mol. The highest BCUT2D eigenvalue weighted by Gasteiger charge is 2.28. The smallest absolute Gasteiger partial charge is 0.268 e. The average molecular weight is 482 g/mol. The molecule has 1 aliphatic heterocycles. The van der Waals surface area contributed by atoms with Crippen molar-refractivity contribution in [1.82, 2.24) is 15.6 Å². The molecule has 34 heavy (non-hydrogen) atoms. The minimum atomic E-state index is -0.622. The van der Waals surface area contributed by atoms with Crippen LogP contribution in [0.15, 0.2) is 48.5 Å². The third-order valence-electron chi connectivity index (χ3n) is 6.61. The fourth-order valence-electron chi connectivity index (χ4n) is 4.53. The van der Waals surface area contributed by atoms with Gasteiger partial charge in [0.05, 0.1) is 6.04 Å². The van der Waals surface area contributed by atoms with Crippen LogP contribution in [0.25, 0.3) is 10.9 Å². The lowest BCUT2D eigenvalue weighted by Gasteiger charge is -2.16. The summed E-state index contributed by atoms with van der Waals surface area (Å²) >= 11 is 5.99. The SMILES string of the molecule is CCCC(CC)CC.C[C@H]1NC(=O)[C@H](NC(=O)c2cc3cc(Cl)ccc3[nH]2)Cc2ccccc21. The highest BCUT2D eigenvalue weighted by Crippen LogP contribution is 2.23. The highest BCUT2D eigenvalue weighted by molar-refractivity contribution is 6.31. The van der Waals surface area contributed by atoms with Crippen LogP contribution in [0.2, 0.25) is 5.02 Å². The number of benzene rings is 2. The van der Waals surface area contributed by atoms with E-state index in [1.54, 1.807) is 18.2 Å². The Bertz CT molecular complexity index is 1120. The first-order valence-electron chi connectivity index (χ1n) is 12.3. The predicted octanol–water partition coefficient (Wildman–Crippen LogP) is 6.58. The van der Waals surface area contributed by atoms with Gasteiger partial charge >= 0.3 is 0 Å². The van der Waals surface area contributed by atoms with Gasteiger partial charge in [0.1, 0.15) is 11.7 Å². The van der Waals surface area contributed by atoms with Crippen LogP contribution in [0, 0.1) is 5.92 Å². The number of halogens is 1. The summed E-state index contributed by atoms with van der Waals surface area (Å²) in [6.45, 7) is 8.77. The second-order valence-electron chi connectivity index (χ2n) is 9.05. The second kappa shape index (κ2) is 12.1. The van der Waals surface area contributed by atoms with E-state index in [0.717, 1.165) is 27.9 Å². The van der Waals surface area contributed by atoms with Crippen LogP contribution >= 0.6 is 11.6 Å². The van der Waals surface area contributed by atoms with Gasteiger partial charge in [0, 0.05) is 22.3 Å². The summed E-state index contributed by atoms with van der Waals surface area (Å²) in [7, 11) is 0. The van der Waals surface area contributed by atoms with E-state index in [9.17, 15) is 9.59 Å². The lowest BCUT2D eigenvalue weighted by Crippen LogP contribution is -2.47. The molecule has 2 heterocycles. The number of carbonyl (C=O) groups excluding carboxylic acids is 2. The summed E-state index contributed by atoms with van der Waals surface area (Å²) in [6, 6.07) is 14.3. The molecule has 0 saturated carbocycles. The lowest BCUT2D eigenvalue weighted by molar-refractivity contribution is -0.123. The van der Waals surface area contributed by atoms with Gasteiger partial charge < -0.3 is 15.6 Å². The predicted molar refractivity (Wildman–Crippen MR) is 140 cm³/mol. The van der Waals surface area contributed by atoms with Crippen LogP contribution in [-0.4, -0.2) is 22.8 Å². The Morgan fingerprint density at radius 2 is 1.85 bits per heavy atom. The van der Waals surface area contributed by atoms with Crippen molar-refractivity contribution in [2.75, 3.05) is 0 Å². The molecule has 0 aliphatic carbocycles. The Hall–Kier alpha value is -2.79. The van der Waals surface area contributed by atoms with Crippen molar-refractivity contribution in [2.24, 2.45) is 5.92 Å². The zero-order valence-corrected chi connectivity index (χ0v) is 21.3. The first-order chi connectivity index (χ1) is 16.4. The van der Waals surface area contributed by atoms with E-state index in [-0.39, 0.29) is 17.9 Å². The summed E-state index contributed by atoms with van der Waals surface area (Å²) in [4.78, 5) is 28.3. The number of amides is 2. The number of aromatic amines is 1. The standard InChI is InChI=1S/C20H18ClN3O2.C8H18/c1-11-15-5-3-2-4-12(15)9-18(19(25)22-11)24-20(26)17-10-13-8-14(21)6-7-16(13)23-17;1-4-7-8(5-2)6-3/h2-8,10-11,18,23H,9H2,1H3,(H,22,25)(H,24,26);8H,4-7H2,1-3H3/t11-,18-;/m1./s1. The number of fused-ring (bicyclic) bond motifs is 2. The second-order valence-corrected chi connectivity index (χ2v) is 9.48. The Kier molecular flexibility index (Phi) is 9.17. The van der Waals surface area contributed by atoms with E-state index < -0.39 is 6.04 Å². The number of hydrogen-bond donors (Lipinski definition) is 3. The lowest BCUT2D eigenvalue weighted by atomic mass is 9.98. The fraction of sp³-hybridized carbons (Fsp3) is 0.429. The first-order valence-corrected chi connectivity index (χ1v) is 12.7. The largest absolute Gasteiger partial charge is 0.351 e. The molecule has 3 N–H and O–H groups in total. The third kappa shape index (κ3) is 6.41. The first kappa shape index (κ1) is 25.8. The number of carbonyl (C=O) groups is 2. The van der Waals surface area contributed by atoms with E-state index in [2.05, 4.69) is 36.4 Å². The molecule has 3 aromatic rings. The molecule has 1 aromatic heterocycles. The summed E-state index contributed by atoms with van der Waals surface area (Å²) in [5.41, 5.74) is 3.37. The molecule has 2 atom stereocenters. The van der Waals surface area contributed by atoms with Gasteiger partial charge in [0.15, 0.2) is 0 Å². The number of aromatic nitrogens is 1. The molecule has 0 fully saturated rings. The van der Waals surface area contributed by atoms with Gasteiger partial charge in [-0.25, -0.2) is 0 Å². The Labute approximate surface area is 207 Å². The molecule has 0 saturated heterocycles. The van der Waals surface area contributed by atoms with Crippen molar-refractivity contribution >= 4 is 34.3 Å². The molecule has 4 rings (SSSR count). The van der Waals surface area contributed by atoms with E-state index in [1.165, 1.54) is 25.7 Å². The average Bonchev–Trinajstić information content (AvgIpc) is 3.21. The van der Waals surface area contributed by atoms with Crippen molar-refractivity contribution < 1.29 is 9.59 Å². The molecule has 0 spiro atoms. The van der Waals surface area contributed by atoms with Crippen molar-refractivity contribution in [3.63, 3.8) is 0 Å². The third-order valence-corrected chi connectivity index (χ3v) is 6.84. The highest BCUT2D eigenvalue weighted by atomic mass is 35.5. The van der Waals surface area contributed by atoms with Gasteiger partial charge in [-0.2, -0.15) is 0 Å². The molecule has 1 aliphatic rings. The van der Waals surface area contributed by atoms with Crippen LogP contribution in [-0.2, 0) is 11.2 Å². The minimum Gasteiger partial charge on any atom is -0.351 e. The molecular weight excluding hydrogens is 446 g/mol. The maximum Gasteiger partial charge on any atom is 0.268 e. The fourth-order valence-corrected chi connectivity index (χ4v) is 4.71. The summed E-state index contributed by atoms with van der Waals surface area (Å²) in [6.07, 6.45) is 5.97. The van der Waals surface area contributed by atoms with E-state index in [1.807, 2.05) is 37.3 Å². The van der Waals surface area contributed by atoms with Gasteiger partial charge in [0.2, 0.25) is 5.91 Å². The van der Waals surface area contributed by atoms with Crippen molar-refractivity contribution in [2.45, 2.75) is 71.9 Å². The number of hydrogen-bond acceptors (Lipinski definition) is 2. The molecular formula is C28H36ClN3O2. The van der Waals surface area contributed by atoms with Crippen LogP contribution in [0.5, 0.6) is 0 Å². The maximum atomic E-state index is 12.7. The Morgan fingerprint density at radius 1 is 1.12 bits per heavy atom.